The van der Waals surface area contributed by atoms with E-state index in [1.165, 1.54) is 0 Å². The maximum atomic E-state index is 12.3. The van der Waals surface area contributed by atoms with Gasteiger partial charge in [-0.15, -0.1) is 12.4 Å². The van der Waals surface area contributed by atoms with Gasteiger partial charge in [-0.25, -0.2) is 4.98 Å². The fourth-order valence-electron chi connectivity index (χ4n) is 2.70. The van der Waals surface area contributed by atoms with Crippen molar-refractivity contribution < 1.29 is 9.59 Å². The maximum absolute atomic E-state index is 12.3. The zero-order chi connectivity index (χ0) is 14.8. The first kappa shape index (κ1) is 16.5. The first-order chi connectivity index (χ1) is 10.1. The highest BCUT2D eigenvalue weighted by Crippen LogP contribution is 2.32. The first-order valence-electron chi connectivity index (χ1n) is 7.44. The number of likely N-dealkylation sites (tertiary alicyclic amines) is 1. The first-order valence-corrected chi connectivity index (χ1v) is 7.44. The van der Waals surface area contributed by atoms with Gasteiger partial charge in [0.1, 0.15) is 5.82 Å². The number of piperidine rings is 1. The fourth-order valence-corrected chi connectivity index (χ4v) is 2.70. The zero-order valence-electron chi connectivity index (χ0n) is 12.3. The average molecular weight is 325 g/mol. The largest absolute Gasteiger partial charge is 0.384 e. The average Bonchev–Trinajstić information content (AvgIpc) is 3.34. The van der Waals surface area contributed by atoms with Gasteiger partial charge in [-0.1, -0.05) is 0 Å². The Morgan fingerprint density at radius 2 is 2.00 bits per heavy atom. The van der Waals surface area contributed by atoms with Crippen LogP contribution in [0.4, 0.5) is 11.5 Å². The molecule has 3 N–H and O–H groups in total. The molecule has 1 saturated heterocycles. The van der Waals surface area contributed by atoms with Gasteiger partial charge in [0.2, 0.25) is 11.8 Å². The van der Waals surface area contributed by atoms with Crippen molar-refractivity contribution in [1.82, 2.24) is 9.88 Å². The van der Waals surface area contributed by atoms with Gasteiger partial charge >= 0.3 is 0 Å². The van der Waals surface area contributed by atoms with Gasteiger partial charge in [0.25, 0.3) is 0 Å². The van der Waals surface area contributed by atoms with E-state index >= 15 is 0 Å². The van der Waals surface area contributed by atoms with E-state index in [4.69, 9.17) is 5.73 Å². The molecule has 0 bridgehead atoms. The van der Waals surface area contributed by atoms with Crippen molar-refractivity contribution in [3.63, 3.8) is 0 Å². The minimum atomic E-state index is -0.140. The lowest BCUT2D eigenvalue weighted by Gasteiger charge is -2.32. The van der Waals surface area contributed by atoms with Crippen LogP contribution in [0.1, 0.15) is 25.7 Å². The molecule has 2 fully saturated rings. The molecule has 1 aliphatic heterocycles. The van der Waals surface area contributed by atoms with Crippen molar-refractivity contribution in [3.8, 4) is 0 Å². The molecule has 22 heavy (non-hydrogen) atoms. The van der Waals surface area contributed by atoms with E-state index in [1.807, 2.05) is 4.90 Å². The van der Waals surface area contributed by atoms with E-state index in [1.54, 1.807) is 18.3 Å². The van der Waals surface area contributed by atoms with Gasteiger partial charge in [-0.2, -0.15) is 0 Å². The number of pyridine rings is 1. The number of nitrogens with one attached hydrogen (secondary N) is 1. The number of carbonyl (C=O) groups is 2. The van der Waals surface area contributed by atoms with Crippen molar-refractivity contribution in [2.45, 2.75) is 25.7 Å². The number of hydrogen-bond acceptors (Lipinski definition) is 4. The molecule has 7 heteroatoms. The van der Waals surface area contributed by atoms with E-state index in [9.17, 15) is 9.59 Å². The molecule has 1 saturated carbocycles. The van der Waals surface area contributed by atoms with Gasteiger partial charge < -0.3 is 16.0 Å². The van der Waals surface area contributed by atoms with Gasteiger partial charge in [0.05, 0.1) is 17.8 Å². The lowest BCUT2D eigenvalue weighted by Crippen LogP contribution is -2.44. The summed E-state index contributed by atoms with van der Waals surface area (Å²) in [6, 6.07) is 3.38. The lowest BCUT2D eigenvalue weighted by molar-refractivity contribution is -0.135. The predicted molar refractivity (Wildman–Crippen MR) is 86.6 cm³/mol. The van der Waals surface area contributed by atoms with Gasteiger partial charge in [0, 0.05) is 19.0 Å². The second kappa shape index (κ2) is 6.96. The normalized spacial score (nSPS) is 20.9. The molecule has 0 radical (unpaired) electrons. The fraction of sp³-hybridized carbons (Fsp3) is 0.533. The Balaban J connectivity index is 0.00000176. The number of anilines is 2. The quantitative estimate of drug-likeness (QED) is 0.885. The maximum Gasteiger partial charge on any atom is 0.229 e. The molecule has 1 atom stereocenters. The highest BCUT2D eigenvalue weighted by Gasteiger charge is 2.36. The molecule has 0 spiro atoms. The number of halogens is 1. The van der Waals surface area contributed by atoms with Crippen LogP contribution in [0.5, 0.6) is 0 Å². The van der Waals surface area contributed by atoms with Crippen LogP contribution in [0.25, 0.3) is 0 Å². The summed E-state index contributed by atoms with van der Waals surface area (Å²) in [5.41, 5.74) is 6.16. The summed E-state index contributed by atoms with van der Waals surface area (Å²) in [6.45, 7) is 1.31. The van der Waals surface area contributed by atoms with E-state index in [0.717, 1.165) is 32.2 Å². The minimum Gasteiger partial charge on any atom is -0.384 e. The van der Waals surface area contributed by atoms with Crippen LogP contribution in [0.3, 0.4) is 0 Å². The highest BCUT2D eigenvalue weighted by molar-refractivity contribution is 5.93. The number of aromatic nitrogens is 1. The van der Waals surface area contributed by atoms with Crippen molar-refractivity contribution in [1.29, 1.82) is 0 Å². The number of carbonyl (C=O) groups excluding carboxylic acids is 2. The van der Waals surface area contributed by atoms with Crippen LogP contribution >= 0.6 is 12.4 Å². The number of nitrogen functional groups attached to an aromatic ring is 1. The minimum absolute atomic E-state index is 0. The van der Waals surface area contributed by atoms with Crippen molar-refractivity contribution in [2.75, 3.05) is 24.1 Å². The molecule has 2 aliphatic rings. The van der Waals surface area contributed by atoms with Crippen molar-refractivity contribution >= 4 is 35.7 Å². The van der Waals surface area contributed by atoms with Crippen LogP contribution in [0.2, 0.25) is 0 Å². The molecule has 1 unspecified atom stereocenters. The molecule has 2 heterocycles. The van der Waals surface area contributed by atoms with Gasteiger partial charge in [-0.3, -0.25) is 9.59 Å². The summed E-state index contributed by atoms with van der Waals surface area (Å²) >= 11 is 0. The molecule has 2 amide bonds. The summed E-state index contributed by atoms with van der Waals surface area (Å²) in [5, 5.41) is 2.85. The highest BCUT2D eigenvalue weighted by atomic mass is 35.5. The topological polar surface area (TPSA) is 88.3 Å². The second-order valence-corrected chi connectivity index (χ2v) is 5.86. The Morgan fingerprint density at radius 3 is 2.64 bits per heavy atom. The molecule has 1 aromatic heterocycles. The summed E-state index contributed by atoms with van der Waals surface area (Å²) in [4.78, 5) is 30.2. The Kier molecular flexibility index (Phi) is 5.24. The number of hydrogen-bond donors (Lipinski definition) is 2. The van der Waals surface area contributed by atoms with E-state index < -0.39 is 0 Å². The van der Waals surface area contributed by atoms with E-state index in [-0.39, 0.29) is 36.1 Å². The number of nitrogens with two attached hydrogens (primary N) is 1. The number of rotatable bonds is 3. The van der Waals surface area contributed by atoms with Crippen LogP contribution < -0.4 is 11.1 Å². The van der Waals surface area contributed by atoms with Crippen molar-refractivity contribution in [3.05, 3.63) is 18.3 Å². The van der Waals surface area contributed by atoms with Gasteiger partial charge in [0.15, 0.2) is 0 Å². The Morgan fingerprint density at radius 1 is 1.23 bits per heavy atom. The summed E-state index contributed by atoms with van der Waals surface area (Å²) < 4.78 is 0. The summed E-state index contributed by atoms with van der Waals surface area (Å²) in [6.07, 6.45) is 5.26. The molecule has 120 valence electrons. The SMILES string of the molecule is Cl.Nc1ccc(NC(=O)C2CCCN(C(=O)C3CC3)C2)cn1. The van der Waals surface area contributed by atoms with Crippen LogP contribution in [0.15, 0.2) is 18.3 Å². The second-order valence-electron chi connectivity index (χ2n) is 5.86. The Labute approximate surface area is 135 Å². The third-order valence-electron chi connectivity index (χ3n) is 4.08. The third-order valence-corrected chi connectivity index (χ3v) is 4.08. The van der Waals surface area contributed by atoms with Crippen LogP contribution in [0, 0.1) is 11.8 Å². The molecule has 6 nitrogen and oxygen atoms in total. The van der Waals surface area contributed by atoms with E-state index in [0.29, 0.717) is 18.1 Å². The predicted octanol–water partition coefficient (Wildman–Crippen LogP) is 1.67. The molecule has 1 aromatic rings. The molecular weight excluding hydrogens is 304 g/mol. The van der Waals surface area contributed by atoms with E-state index in [2.05, 4.69) is 10.3 Å². The summed E-state index contributed by atoms with van der Waals surface area (Å²) in [5.74, 6) is 0.676. The number of amides is 2. The smallest absolute Gasteiger partial charge is 0.229 e. The monoisotopic (exact) mass is 324 g/mol. The Hall–Kier alpha value is -1.82. The molecule has 3 rings (SSSR count). The van der Waals surface area contributed by atoms with Crippen LogP contribution in [-0.4, -0.2) is 34.8 Å². The number of nitrogens with zero attached hydrogens (tertiary/aromatic N) is 2. The lowest BCUT2D eigenvalue weighted by atomic mass is 9.96. The molecule has 1 aliphatic carbocycles. The zero-order valence-corrected chi connectivity index (χ0v) is 13.1. The standard InChI is InChI=1S/C15H20N4O2.ClH/c16-13-6-5-12(8-17-13)18-14(20)11-2-1-7-19(9-11)15(21)10-3-4-10;/h5-6,8,10-11H,1-4,7,9H2,(H2,16,17)(H,18,20);1H. The van der Waals surface area contributed by atoms with Gasteiger partial charge in [-0.05, 0) is 37.8 Å². The van der Waals surface area contributed by atoms with Crippen molar-refractivity contribution in [2.24, 2.45) is 11.8 Å². The van der Waals surface area contributed by atoms with Crippen LogP contribution in [-0.2, 0) is 9.59 Å². The Bertz CT molecular complexity index is 545. The molecular formula is C15H21ClN4O2. The summed E-state index contributed by atoms with van der Waals surface area (Å²) in [7, 11) is 0. The molecule has 0 aromatic carbocycles. The third kappa shape index (κ3) is 3.88.